The highest BCUT2D eigenvalue weighted by Gasteiger charge is 2.44. The Morgan fingerprint density at radius 3 is 1.87 bits per heavy atom. The predicted octanol–water partition coefficient (Wildman–Crippen LogP) is 6.73. The van der Waals surface area contributed by atoms with Crippen LogP contribution in [-0.4, -0.2) is 189 Å². The molecule has 2 saturated heterocycles. The lowest BCUT2D eigenvalue weighted by molar-refractivity contribution is -0.149. The molecule has 2 aromatic carbocycles. The third-order valence-electron chi connectivity index (χ3n) is 19.5. The van der Waals surface area contributed by atoms with Gasteiger partial charge in [-0.3, -0.25) is 52.8 Å². The van der Waals surface area contributed by atoms with Crippen molar-refractivity contribution in [3.63, 3.8) is 0 Å². The number of nitrogens with one attached hydrogen (secondary N) is 5. The number of ketones is 3. The monoisotopic (exact) mass is 1330 g/mol. The first-order valence-corrected chi connectivity index (χ1v) is 34.4. The number of Topliss-reactive ketones (excluding diaryl/α,β-unsaturated/α-hetero) is 3. The van der Waals surface area contributed by atoms with Crippen molar-refractivity contribution in [2.24, 2.45) is 59.0 Å². The largest absolute Gasteiger partial charge is 0.379 e. The van der Waals surface area contributed by atoms with Crippen LogP contribution in [0.5, 0.6) is 0 Å². The van der Waals surface area contributed by atoms with Crippen LogP contribution in [0.4, 0.5) is 10.5 Å². The molecule has 2 fully saturated rings. The van der Waals surface area contributed by atoms with Gasteiger partial charge in [0.2, 0.25) is 41.4 Å². The van der Waals surface area contributed by atoms with Crippen molar-refractivity contribution >= 4 is 70.4 Å². The molecule has 530 valence electrons. The van der Waals surface area contributed by atoms with Gasteiger partial charge in [0.05, 0.1) is 42.8 Å². The Morgan fingerprint density at radius 1 is 0.674 bits per heavy atom. The number of hydrogen-bond donors (Lipinski definition) is 6. The van der Waals surface area contributed by atoms with E-state index in [4.69, 9.17) is 15.2 Å². The number of primary amides is 1. The maximum absolute atomic E-state index is 14.7. The SMILES string of the molecule is CC[C@H](C)[C@@H]([C@@H](CC(=O)N1CCC[C@H]1[C@H](OC)[C@@H](C)C(=O)C[C@@H](Cc1ccccc1)C(=O)NCc1ccc(NC(=O)[C@H](CCCNC(N)=O)CC(=O)[C@@H](NC(=O)CCC(=O)N2CCC(C(=O)NC)CC2)C(C)C)cc1)OC)N(C)C(=O)[C@@H](CC(=O)[C@H](C(C)C)N(C)C)C(C)C. The second kappa shape index (κ2) is 39.8. The zero-order valence-electron chi connectivity index (χ0n) is 59.5. The maximum Gasteiger partial charge on any atom is 0.312 e. The zero-order chi connectivity index (χ0) is 70.8. The third kappa shape index (κ3) is 24.5. The van der Waals surface area contributed by atoms with E-state index in [-0.39, 0.29) is 147 Å². The molecule has 0 spiro atoms. The lowest BCUT2D eigenvalue weighted by Crippen LogP contribution is -2.54. The Balaban J connectivity index is 1.43. The van der Waals surface area contributed by atoms with Crippen LogP contribution in [-0.2, 0) is 70.4 Å². The van der Waals surface area contributed by atoms with Crippen LogP contribution >= 0.6 is 0 Å². The first-order valence-electron chi connectivity index (χ1n) is 34.4. The fourth-order valence-electron chi connectivity index (χ4n) is 13.8. The molecule has 0 bridgehead atoms. The molecule has 2 heterocycles. The van der Waals surface area contributed by atoms with Gasteiger partial charge in [-0.05, 0) is 106 Å². The number of carbonyl (C=O) groups excluding carboxylic acids is 11. The van der Waals surface area contributed by atoms with Gasteiger partial charge in [0.25, 0.3) is 0 Å². The van der Waals surface area contributed by atoms with Crippen molar-refractivity contribution in [1.29, 1.82) is 0 Å². The number of hydrogen-bond acceptors (Lipinski definition) is 14. The molecule has 4 rings (SSSR count). The van der Waals surface area contributed by atoms with Crippen LogP contribution in [0.3, 0.4) is 0 Å². The van der Waals surface area contributed by atoms with Gasteiger partial charge in [-0.15, -0.1) is 0 Å². The number of nitrogens with two attached hydrogens (primary N) is 1. The topological polar surface area (TPSA) is 305 Å². The second-order valence-corrected chi connectivity index (χ2v) is 27.6. The molecule has 0 aliphatic carbocycles. The predicted molar refractivity (Wildman–Crippen MR) is 366 cm³/mol. The molecule has 2 aliphatic rings. The van der Waals surface area contributed by atoms with E-state index in [1.807, 2.05) is 90.9 Å². The minimum Gasteiger partial charge on any atom is -0.379 e. The van der Waals surface area contributed by atoms with E-state index in [1.54, 1.807) is 80.9 Å². The summed E-state index contributed by atoms with van der Waals surface area (Å²) in [4.78, 5) is 157. The number of ether oxygens (including phenoxy) is 2. The molecule has 2 aromatic rings. The quantitative estimate of drug-likeness (QED) is 0.0377. The maximum atomic E-state index is 14.7. The van der Waals surface area contributed by atoms with Gasteiger partial charge in [0, 0.05) is 128 Å². The highest BCUT2D eigenvalue weighted by Crippen LogP contribution is 2.33. The molecule has 23 heteroatoms. The summed E-state index contributed by atoms with van der Waals surface area (Å²) in [5.41, 5.74) is 7.27. The van der Waals surface area contributed by atoms with E-state index < -0.39 is 71.9 Å². The van der Waals surface area contributed by atoms with E-state index in [2.05, 4.69) is 26.6 Å². The van der Waals surface area contributed by atoms with E-state index in [1.165, 1.54) is 7.11 Å². The van der Waals surface area contributed by atoms with Crippen LogP contribution in [0.1, 0.15) is 157 Å². The zero-order valence-corrected chi connectivity index (χ0v) is 59.5. The van der Waals surface area contributed by atoms with Gasteiger partial charge in [-0.1, -0.05) is 111 Å². The van der Waals surface area contributed by atoms with Crippen LogP contribution in [0.2, 0.25) is 0 Å². The molecule has 95 heavy (non-hydrogen) atoms. The van der Waals surface area contributed by atoms with Crippen LogP contribution < -0.4 is 32.3 Å². The molecule has 0 saturated carbocycles. The highest BCUT2D eigenvalue weighted by molar-refractivity contribution is 5.98. The fourth-order valence-corrected chi connectivity index (χ4v) is 13.8. The van der Waals surface area contributed by atoms with Gasteiger partial charge in [-0.2, -0.15) is 0 Å². The summed E-state index contributed by atoms with van der Waals surface area (Å²) in [6, 6.07) is 13.3. The van der Waals surface area contributed by atoms with Crippen molar-refractivity contribution in [2.45, 2.75) is 195 Å². The summed E-state index contributed by atoms with van der Waals surface area (Å²) in [7, 11) is 10.2. The summed E-state index contributed by atoms with van der Waals surface area (Å²) in [5, 5.41) is 13.9. The molecule has 23 nitrogen and oxygen atoms in total. The van der Waals surface area contributed by atoms with E-state index in [0.29, 0.717) is 69.4 Å². The van der Waals surface area contributed by atoms with Crippen molar-refractivity contribution in [3.8, 4) is 0 Å². The molecule has 0 unspecified atom stereocenters. The number of nitrogens with zero attached hydrogens (tertiary/aromatic N) is 4. The molecule has 0 aromatic heterocycles. The fraction of sp³-hybridized carbons (Fsp3) is 0.681. The van der Waals surface area contributed by atoms with E-state index in [0.717, 1.165) is 5.56 Å². The number of likely N-dealkylation sites (tertiary alicyclic amines) is 2. The lowest BCUT2D eigenvalue weighted by atomic mass is 9.83. The summed E-state index contributed by atoms with van der Waals surface area (Å²) in [6.45, 7) is 18.9. The van der Waals surface area contributed by atoms with E-state index in [9.17, 15) is 52.7 Å². The smallest absolute Gasteiger partial charge is 0.312 e. The van der Waals surface area contributed by atoms with Crippen molar-refractivity contribution in [2.75, 3.05) is 73.9 Å². The van der Waals surface area contributed by atoms with Crippen LogP contribution in [0, 0.1) is 53.3 Å². The number of likely N-dealkylation sites (N-methyl/N-ethyl adjacent to an activating group) is 2. The summed E-state index contributed by atoms with van der Waals surface area (Å²) < 4.78 is 12.3. The number of rotatable bonds is 40. The first-order chi connectivity index (χ1) is 45.0. The number of carbonyl (C=O) groups is 11. The number of methoxy groups -OCH3 is 2. The number of benzene rings is 2. The Bertz CT molecular complexity index is 2840. The standard InChI is InChI=1S/C72H114N10O13/c1-16-47(8)66(80(13)71(92)55(44(2)3)41-59(85)65(46(6)7)79(11)12)60(94-14)42-63(88)82-35-21-25-56(82)67(95-15)48(9)57(83)40-53(38-49-22-18-17-19-23-49)69(90)76-43-50-26-28-54(29-27-50)77-70(91)52(24-20-34-75-72(73)93)39-58(84)64(45(4)5)78-61(86)30-31-62(87)81-36-32-51(33-37-81)68(89)74-10/h17-19,22-23,26-29,44-48,51-53,55-56,60,64-67H,16,20-21,24-25,30-43H2,1-15H3,(H,74,89)(H,76,90)(H,77,91)(H,78,86)(H3,73,75,93)/t47-,48-,52+,53+,55-,56-,60+,64-,65-,66-,67+/m0/s1. The second-order valence-electron chi connectivity index (χ2n) is 27.6. The first kappa shape index (κ1) is 80.3. The summed E-state index contributed by atoms with van der Waals surface area (Å²) in [6.07, 6.45) is 1.97. The number of urea groups is 1. The molecule has 0 radical (unpaired) electrons. The van der Waals surface area contributed by atoms with Gasteiger partial charge in [-0.25, -0.2) is 4.79 Å². The Labute approximate surface area is 565 Å². The molecular formula is C72H114N10O13. The van der Waals surface area contributed by atoms with Crippen molar-refractivity contribution in [3.05, 3.63) is 65.7 Å². The lowest BCUT2D eigenvalue weighted by Gasteiger charge is -2.41. The summed E-state index contributed by atoms with van der Waals surface area (Å²) >= 11 is 0. The Hall–Kier alpha value is -7.11. The Kier molecular flexibility index (Phi) is 33.7. The number of anilines is 1. The summed E-state index contributed by atoms with van der Waals surface area (Å²) in [5.74, 6) is -6.05. The molecule has 11 atom stereocenters. The average Bonchev–Trinajstić information content (AvgIpc) is 1.32. The molecule has 9 amide bonds. The van der Waals surface area contributed by atoms with E-state index >= 15 is 0 Å². The van der Waals surface area contributed by atoms with Crippen LogP contribution in [0.25, 0.3) is 0 Å². The Morgan fingerprint density at radius 2 is 1.32 bits per heavy atom. The molecule has 7 N–H and O–H groups in total. The average molecular weight is 1330 g/mol. The molecule has 2 aliphatic heterocycles. The van der Waals surface area contributed by atoms with Gasteiger partial charge >= 0.3 is 6.03 Å². The third-order valence-corrected chi connectivity index (χ3v) is 19.5. The number of amides is 9. The van der Waals surface area contributed by atoms with Crippen LogP contribution in [0.15, 0.2) is 54.6 Å². The minimum atomic E-state index is -0.948. The molecular weight excluding hydrogens is 1210 g/mol. The highest BCUT2D eigenvalue weighted by atomic mass is 16.5. The minimum absolute atomic E-state index is 0.0128. The normalized spacial score (nSPS) is 17.6. The van der Waals surface area contributed by atoms with Crippen molar-refractivity contribution in [1.82, 2.24) is 40.9 Å². The van der Waals surface area contributed by atoms with Gasteiger partial charge in [0.1, 0.15) is 5.78 Å². The van der Waals surface area contributed by atoms with Gasteiger partial charge in [0.15, 0.2) is 11.6 Å². The van der Waals surface area contributed by atoms with Gasteiger partial charge < -0.3 is 56.5 Å². The van der Waals surface area contributed by atoms with Crippen molar-refractivity contribution < 1.29 is 62.2 Å². The number of piperidine rings is 1.